The molecular weight excluding hydrogens is 204 g/mol. The van der Waals surface area contributed by atoms with Crippen LogP contribution in [0.3, 0.4) is 0 Å². The van der Waals surface area contributed by atoms with Crippen LogP contribution in [0.15, 0.2) is 0 Å². The number of amides is 1. The molecule has 0 fully saturated rings. The van der Waals surface area contributed by atoms with E-state index in [2.05, 4.69) is 0 Å². The maximum absolute atomic E-state index is 11.6. The van der Waals surface area contributed by atoms with E-state index in [0.717, 1.165) is 25.9 Å². The molecule has 0 saturated carbocycles. The molecule has 0 aliphatic carbocycles. The van der Waals surface area contributed by atoms with Crippen molar-refractivity contribution in [3.63, 3.8) is 0 Å². The van der Waals surface area contributed by atoms with Crippen molar-refractivity contribution in [3.8, 4) is 0 Å². The molecule has 0 aliphatic heterocycles. The number of hydrogen-bond acceptors (Lipinski definition) is 3. The summed E-state index contributed by atoms with van der Waals surface area (Å²) in [5.41, 5.74) is 5.79. The molecule has 4 heteroatoms. The zero-order valence-electron chi connectivity index (χ0n) is 11.1. The van der Waals surface area contributed by atoms with Gasteiger partial charge < -0.3 is 15.4 Å². The van der Waals surface area contributed by atoms with Gasteiger partial charge in [0.2, 0.25) is 5.91 Å². The number of nitrogens with two attached hydrogens (primary N) is 1. The van der Waals surface area contributed by atoms with Gasteiger partial charge in [-0.2, -0.15) is 0 Å². The summed E-state index contributed by atoms with van der Waals surface area (Å²) in [5.74, 6) is 0.0413. The minimum atomic E-state index is -0.288. The first kappa shape index (κ1) is 15.4. The third kappa shape index (κ3) is 4.94. The molecule has 0 bridgehead atoms. The quantitative estimate of drug-likeness (QED) is 0.685. The highest BCUT2D eigenvalue weighted by molar-refractivity contribution is 5.77. The zero-order valence-corrected chi connectivity index (χ0v) is 11.1. The Labute approximate surface area is 99.1 Å². The molecule has 0 heterocycles. The first-order chi connectivity index (χ1) is 7.52. The highest BCUT2D eigenvalue weighted by atomic mass is 16.5. The summed E-state index contributed by atoms with van der Waals surface area (Å²) in [6, 6.07) is 0. The summed E-state index contributed by atoms with van der Waals surface area (Å²) in [7, 11) is 0. The lowest BCUT2D eigenvalue weighted by atomic mass is 9.96. The van der Waals surface area contributed by atoms with Gasteiger partial charge >= 0.3 is 0 Å². The van der Waals surface area contributed by atoms with Crippen molar-refractivity contribution in [2.45, 2.75) is 46.1 Å². The van der Waals surface area contributed by atoms with Gasteiger partial charge in [0, 0.05) is 18.6 Å². The van der Waals surface area contributed by atoms with E-state index in [4.69, 9.17) is 10.5 Å². The molecule has 2 N–H and O–H groups in total. The van der Waals surface area contributed by atoms with Crippen molar-refractivity contribution < 1.29 is 9.53 Å². The molecule has 0 aromatic heterocycles. The van der Waals surface area contributed by atoms with Gasteiger partial charge in [-0.25, -0.2) is 0 Å². The number of carbonyl (C=O) groups excluding carboxylic acids is 1. The fourth-order valence-corrected chi connectivity index (χ4v) is 1.46. The highest BCUT2D eigenvalue weighted by Crippen LogP contribution is 2.11. The van der Waals surface area contributed by atoms with Gasteiger partial charge in [0.1, 0.15) is 6.61 Å². The molecule has 0 rings (SSSR count). The SMILES string of the molecule is CCN(CC)C(=O)COCC(N)(CC)CC. The maximum Gasteiger partial charge on any atom is 0.248 e. The van der Waals surface area contributed by atoms with Crippen molar-refractivity contribution in [3.05, 3.63) is 0 Å². The van der Waals surface area contributed by atoms with E-state index in [0.29, 0.717) is 6.61 Å². The summed E-state index contributed by atoms with van der Waals surface area (Å²) in [6.45, 7) is 10.1. The van der Waals surface area contributed by atoms with Gasteiger partial charge in [0.15, 0.2) is 0 Å². The average Bonchev–Trinajstić information content (AvgIpc) is 2.30. The molecule has 0 aromatic carbocycles. The summed E-state index contributed by atoms with van der Waals surface area (Å²) in [6.07, 6.45) is 1.73. The Morgan fingerprint density at radius 1 is 1.19 bits per heavy atom. The second-order valence-corrected chi connectivity index (χ2v) is 4.13. The molecule has 0 spiro atoms. The van der Waals surface area contributed by atoms with Crippen LogP contribution in [-0.4, -0.2) is 42.6 Å². The van der Waals surface area contributed by atoms with Crippen LogP contribution in [0.5, 0.6) is 0 Å². The van der Waals surface area contributed by atoms with Crippen LogP contribution < -0.4 is 5.73 Å². The second-order valence-electron chi connectivity index (χ2n) is 4.13. The Morgan fingerprint density at radius 2 is 1.69 bits per heavy atom. The lowest BCUT2D eigenvalue weighted by molar-refractivity contribution is -0.136. The van der Waals surface area contributed by atoms with Crippen LogP contribution in [-0.2, 0) is 9.53 Å². The number of ether oxygens (including phenoxy) is 1. The third-order valence-electron chi connectivity index (χ3n) is 3.14. The van der Waals surface area contributed by atoms with Gasteiger partial charge in [-0.3, -0.25) is 4.79 Å². The Balaban J connectivity index is 3.93. The summed E-state index contributed by atoms with van der Waals surface area (Å²) >= 11 is 0. The average molecular weight is 230 g/mol. The zero-order chi connectivity index (χ0) is 12.6. The topological polar surface area (TPSA) is 55.6 Å². The fraction of sp³-hybridized carbons (Fsp3) is 0.917. The van der Waals surface area contributed by atoms with E-state index >= 15 is 0 Å². The van der Waals surface area contributed by atoms with E-state index in [1.54, 1.807) is 4.90 Å². The van der Waals surface area contributed by atoms with Gasteiger partial charge in [0.05, 0.1) is 6.61 Å². The lowest BCUT2D eigenvalue weighted by Crippen LogP contribution is -2.44. The van der Waals surface area contributed by atoms with Gasteiger partial charge in [-0.1, -0.05) is 13.8 Å². The van der Waals surface area contributed by atoms with Crippen molar-refractivity contribution in [1.29, 1.82) is 0 Å². The lowest BCUT2D eigenvalue weighted by Gasteiger charge is -2.27. The van der Waals surface area contributed by atoms with Crippen molar-refractivity contribution in [2.24, 2.45) is 5.73 Å². The molecule has 0 saturated heterocycles. The number of nitrogens with zero attached hydrogens (tertiary/aromatic N) is 1. The Morgan fingerprint density at radius 3 is 2.06 bits per heavy atom. The van der Waals surface area contributed by atoms with Crippen LogP contribution in [0.2, 0.25) is 0 Å². The van der Waals surface area contributed by atoms with E-state index in [1.807, 2.05) is 27.7 Å². The second kappa shape index (κ2) is 7.63. The van der Waals surface area contributed by atoms with E-state index < -0.39 is 0 Å². The number of hydrogen-bond donors (Lipinski definition) is 1. The van der Waals surface area contributed by atoms with Gasteiger partial charge in [-0.05, 0) is 26.7 Å². The number of carbonyl (C=O) groups is 1. The van der Waals surface area contributed by atoms with E-state index in [9.17, 15) is 4.79 Å². The molecule has 0 radical (unpaired) electrons. The maximum atomic E-state index is 11.6. The summed E-state index contributed by atoms with van der Waals surface area (Å²) < 4.78 is 5.41. The monoisotopic (exact) mass is 230 g/mol. The molecule has 0 aromatic rings. The van der Waals surface area contributed by atoms with Crippen LogP contribution in [0.25, 0.3) is 0 Å². The molecule has 96 valence electrons. The van der Waals surface area contributed by atoms with Crippen LogP contribution in [0.1, 0.15) is 40.5 Å². The standard InChI is InChI=1S/C12H26N2O2/c1-5-12(13,6-2)10-16-9-11(15)14(7-3)8-4/h5-10,13H2,1-4H3. The van der Waals surface area contributed by atoms with Gasteiger partial charge in [-0.15, -0.1) is 0 Å². The normalized spacial score (nSPS) is 11.6. The highest BCUT2D eigenvalue weighted by Gasteiger charge is 2.21. The van der Waals surface area contributed by atoms with Crippen molar-refractivity contribution >= 4 is 5.91 Å². The molecule has 0 aliphatic rings. The van der Waals surface area contributed by atoms with E-state index in [-0.39, 0.29) is 18.1 Å². The minimum absolute atomic E-state index is 0.0413. The minimum Gasteiger partial charge on any atom is -0.370 e. The van der Waals surface area contributed by atoms with Crippen LogP contribution in [0.4, 0.5) is 0 Å². The number of likely N-dealkylation sites (N-methyl/N-ethyl adjacent to an activating group) is 1. The Hall–Kier alpha value is -0.610. The molecular formula is C12H26N2O2. The van der Waals surface area contributed by atoms with E-state index in [1.165, 1.54) is 0 Å². The largest absolute Gasteiger partial charge is 0.370 e. The molecule has 4 nitrogen and oxygen atoms in total. The van der Waals surface area contributed by atoms with Crippen LogP contribution in [0, 0.1) is 0 Å². The Kier molecular flexibility index (Phi) is 7.34. The smallest absolute Gasteiger partial charge is 0.248 e. The first-order valence-electron chi connectivity index (χ1n) is 6.17. The predicted molar refractivity (Wildman–Crippen MR) is 66.2 cm³/mol. The molecule has 0 atom stereocenters. The Bertz CT molecular complexity index is 199. The van der Waals surface area contributed by atoms with Crippen molar-refractivity contribution in [2.75, 3.05) is 26.3 Å². The molecule has 16 heavy (non-hydrogen) atoms. The van der Waals surface area contributed by atoms with Gasteiger partial charge in [0.25, 0.3) is 0 Å². The number of rotatable bonds is 8. The summed E-state index contributed by atoms with van der Waals surface area (Å²) in [5, 5.41) is 0. The van der Waals surface area contributed by atoms with Crippen molar-refractivity contribution in [1.82, 2.24) is 4.90 Å². The molecule has 1 amide bonds. The summed E-state index contributed by atoms with van der Waals surface area (Å²) in [4.78, 5) is 13.4. The third-order valence-corrected chi connectivity index (χ3v) is 3.14. The first-order valence-corrected chi connectivity index (χ1v) is 6.17. The molecule has 0 unspecified atom stereocenters. The predicted octanol–water partition coefficient (Wildman–Crippen LogP) is 1.39. The fourth-order valence-electron chi connectivity index (χ4n) is 1.46. The van der Waals surface area contributed by atoms with Crippen LogP contribution >= 0.6 is 0 Å².